The highest BCUT2D eigenvalue weighted by atomic mass is 32.1. The second-order valence-corrected chi connectivity index (χ2v) is 8.78. The molecule has 2 heterocycles. The van der Waals surface area contributed by atoms with Crippen LogP contribution in [0.25, 0.3) is 11.3 Å². The maximum atomic E-state index is 13.1. The maximum Gasteiger partial charge on any atom is 0.235 e. The van der Waals surface area contributed by atoms with E-state index in [-0.39, 0.29) is 11.3 Å². The van der Waals surface area contributed by atoms with E-state index < -0.39 is 0 Å². The number of morpholine rings is 1. The zero-order valence-corrected chi connectivity index (χ0v) is 17.7. The second kappa shape index (κ2) is 8.20. The van der Waals surface area contributed by atoms with Crippen LogP contribution in [0.15, 0.2) is 60.0 Å². The van der Waals surface area contributed by atoms with Crippen LogP contribution in [0.5, 0.6) is 0 Å². The first-order valence-electron chi connectivity index (χ1n) is 10.5. The standard InChI is InChI=1S/C24H25N3O2S/c28-22(24(11-4-12-24)19-5-2-1-3-6-19)25-20-9-7-18(8-10-20)21-17-30-23(26-21)27-13-15-29-16-14-27/h1-3,5-10,17H,4,11-16H2,(H,25,28). The Balaban J connectivity index is 1.29. The van der Waals surface area contributed by atoms with Crippen LogP contribution in [0.2, 0.25) is 0 Å². The Labute approximate surface area is 180 Å². The van der Waals surface area contributed by atoms with E-state index in [1.807, 2.05) is 42.5 Å². The number of aromatic nitrogens is 1. The van der Waals surface area contributed by atoms with Gasteiger partial charge in [0.15, 0.2) is 5.13 Å². The number of hydrogen-bond donors (Lipinski definition) is 1. The van der Waals surface area contributed by atoms with Crippen molar-refractivity contribution in [3.63, 3.8) is 0 Å². The third-order valence-corrected chi connectivity index (χ3v) is 7.08. The molecule has 1 saturated heterocycles. The number of ether oxygens (including phenoxy) is 1. The molecule has 2 aliphatic rings. The van der Waals surface area contributed by atoms with Crippen molar-refractivity contribution in [2.24, 2.45) is 0 Å². The van der Waals surface area contributed by atoms with Gasteiger partial charge in [0.2, 0.25) is 5.91 Å². The van der Waals surface area contributed by atoms with Crippen LogP contribution in [0.4, 0.5) is 10.8 Å². The summed E-state index contributed by atoms with van der Waals surface area (Å²) in [6.45, 7) is 3.30. The maximum absolute atomic E-state index is 13.1. The molecule has 5 rings (SSSR count). The number of hydrogen-bond acceptors (Lipinski definition) is 5. The molecule has 2 fully saturated rings. The number of anilines is 2. The van der Waals surface area contributed by atoms with E-state index in [1.54, 1.807) is 11.3 Å². The van der Waals surface area contributed by atoms with Crippen molar-refractivity contribution >= 4 is 28.1 Å². The van der Waals surface area contributed by atoms with Crippen molar-refractivity contribution in [1.29, 1.82) is 0 Å². The van der Waals surface area contributed by atoms with Gasteiger partial charge >= 0.3 is 0 Å². The van der Waals surface area contributed by atoms with E-state index in [1.165, 1.54) is 0 Å². The lowest BCUT2D eigenvalue weighted by molar-refractivity contribution is -0.124. The van der Waals surface area contributed by atoms with Gasteiger partial charge in [-0.3, -0.25) is 4.79 Å². The Morgan fingerprint density at radius 3 is 2.43 bits per heavy atom. The van der Waals surface area contributed by atoms with Gasteiger partial charge in [0, 0.05) is 29.7 Å². The Kier molecular flexibility index (Phi) is 5.27. The van der Waals surface area contributed by atoms with E-state index in [0.717, 1.165) is 73.2 Å². The molecule has 0 radical (unpaired) electrons. The van der Waals surface area contributed by atoms with E-state index in [9.17, 15) is 4.79 Å². The topological polar surface area (TPSA) is 54.5 Å². The molecule has 1 amide bonds. The summed E-state index contributed by atoms with van der Waals surface area (Å²) in [5.74, 6) is 0.0935. The molecule has 0 unspecified atom stereocenters. The van der Waals surface area contributed by atoms with E-state index in [0.29, 0.717) is 0 Å². The van der Waals surface area contributed by atoms with Gasteiger partial charge in [-0.05, 0) is 30.5 Å². The summed E-state index contributed by atoms with van der Waals surface area (Å²) in [4.78, 5) is 20.2. The van der Waals surface area contributed by atoms with Crippen LogP contribution in [0, 0.1) is 0 Å². The highest BCUT2D eigenvalue weighted by molar-refractivity contribution is 7.14. The zero-order valence-electron chi connectivity index (χ0n) is 16.8. The van der Waals surface area contributed by atoms with Gasteiger partial charge in [-0.1, -0.05) is 48.9 Å². The minimum absolute atomic E-state index is 0.0935. The quantitative estimate of drug-likeness (QED) is 0.651. The van der Waals surface area contributed by atoms with Crippen molar-refractivity contribution in [2.45, 2.75) is 24.7 Å². The Bertz CT molecular complexity index is 1010. The van der Waals surface area contributed by atoms with E-state index >= 15 is 0 Å². The number of amides is 1. The molecule has 5 nitrogen and oxygen atoms in total. The molecule has 1 aromatic heterocycles. The number of thiazole rings is 1. The molecule has 6 heteroatoms. The number of rotatable bonds is 5. The number of carbonyl (C=O) groups is 1. The summed E-state index contributed by atoms with van der Waals surface area (Å²) in [6.07, 6.45) is 2.91. The number of nitrogens with one attached hydrogen (secondary N) is 1. The molecule has 154 valence electrons. The summed E-state index contributed by atoms with van der Waals surface area (Å²) in [5, 5.41) is 6.28. The van der Waals surface area contributed by atoms with Crippen molar-refractivity contribution < 1.29 is 9.53 Å². The van der Waals surface area contributed by atoms with Crippen LogP contribution < -0.4 is 10.2 Å². The Hall–Kier alpha value is -2.70. The molecule has 3 aromatic rings. The van der Waals surface area contributed by atoms with Gasteiger partial charge in [0.25, 0.3) is 0 Å². The molecule has 0 bridgehead atoms. The van der Waals surface area contributed by atoms with Gasteiger partial charge < -0.3 is 15.0 Å². The normalized spacial score (nSPS) is 17.9. The second-order valence-electron chi connectivity index (χ2n) is 7.95. The molecular formula is C24H25N3O2S. The molecule has 1 aliphatic carbocycles. The molecule has 0 atom stereocenters. The first-order valence-corrected chi connectivity index (χ1v) is 11.4. The van der Waals surface area contributed by atoms with Crippen LogP contribution in [0.1, 0.15) is 24.8 Å². The van der Waals surface area contributed by atoms with E-state index in [4.69, 9.17) is 9.72 Å². The molecule has 2 aromatic carbocycles. The van der Waals surface area contributed by atoms with Gasteiger partial charge in [-0.2, -0.15) is 0 Å². The Morgan fingerprint density at radius 1 is 1.03 bits per heavy atom. The molecule has 1 N–H and O–H groups in total. The fourth-order valence-electron chi connectivity index (χ4n) is 4.21. The lowest BCUT2D eigenvalue weighted by Crippen LogP contribution is -2.45. The lowest BCUT2D eigenvalue weighted by Gasteiger charge is -2.40. The van der Waals surface area contributed by atoms with Gasteiger partial charge in [0.1, 0.15) is 0 Å². The van der Waals surface area contributed by atoms with Gasteiger partial charge in [-0.15, -0.1) is 11.3 Å². The predicted molar refractivity (Wildman–Crippen MR) is 121 cm³/mol. The van der Waals surface area contributed by atoms with E-state index in [2.05, 4.69) is 27.7 Å². The lowest BCUT2D eigenvalue weighted by atomic mass is 9.64. The number of benzene rings is 2. The van der Waals surface area contributed by atoms with Crippen LogP contribution >= 0.6 is 11.3 Å². The highest BCUT2D eigenvalue weighted by Crippen LogP contribution is 2.44. The van der Waals surface area contributed by atoms with Crippen molar-refractivity contribution in [3.05, 3.63) is 65.5 Å². The summed E-state index contributed by atoms with van der Waals surface area (Å²) in [5.41, 5.74) is 3.59. The summed E-state index contributed by atoms with van der Waals surface area (Å²) in [6, 6.07) is 18.2. The fraction of sp³-hybridized carbons (Fsp3) is 0.333. The first-order chi connectivity index (χ1) is 14.7. The third-order valence-electron chi connectivity index (χ3n) is 6.18. The third kappa shape index (κ3) is 3.61. The average Bonchev–Trinajstić information content (AvgIpc) is 3.25. The van der Waals surface area contributed by atoms with Crippen LogP contribution in [-0.2, 0) is 14.9 Å². The first kappa shape index (κ1) is 19.3. The predicted octanol–water partition coefficient (Wildman–Crippen LogP) is 4.71. The van der Waals surface area contributed by atoms with Crippen molar-refractivity contribution in [2.75, 3.05) is 36.5 Å². The summed E-state index contributed by atoms with van der Waals surface area (Å²) >= 11 is 1.67. The molecule has 1 saturated carbocycles. The summed E-state index contributed by atoms with van der Waals surface area (Å²) in [7, 11) is 0. The minimum atomic E-state index is -0.387. The van der Waals surface area contributed by atoms with Crippen molar-refractivity contribution in [3.8, 4) is 11.3 Å². The monoisotopic (exact) mass is 419 g/mol. The molecule has 1 aliphatic heterocycles. The SMILES string of the molecule is O=C(Nc1ccc(-c2csc(N3CCOCC3)n2)cc1)C1(c2ccccc2)CCC1. The minimum Gasteiger partial charge on any atom is -0.378 e. The number of nitrogens with zero attached hydrogens (tertiary/aromatic N) is 2. The molecule has 0 spiro atoms. The highest BCUT2D eigenvalue weighted by Gasteiger charge is 2.45. The molecule has 30 heavy (non-hydrogen) atoms. The fourth-order valence-corrected chi connectivity index (χ4v) is 5.09. The largest absolute Gasteiger partial charge is 0.378 e. The van der Waals surface area contributed by atoms with Crippen molar-refractivity contribution in [1.82, 2.24) is 4.98 Å². The Morgan fingerprint density at radius 2 is 1.77 bits per heavy atom. The smallest absolute Gasteiger partial charge is 0.235 e. The van der Waals surface area contributed by atoms with Gasteiger partial charge in [0.05, 0.1) is 24.3 Å². The number of carbonyl (C=O) groups excluding carboxylic acids is 1. The van der Waals surface area contributed by atoms with Gasteiger partial charge in [-0.25, -0.2) is 4.98 Å². The summed E-state index contributed by atoms with van der Waals surface area (Å²) < 4.78 is 5.42. The average molecular weight is 420 g/mol. The van der Waals surface area contributed by atoms with Crippen LogP contribution in [-0.4, -0.2) is 37.2 Å². The molecular weight excluding hydrogens is 394 g/mol. The van der Waals surface area contributed by atoms with Crippen LogP contribution in [0.3, 0.4) is 0 Å². The zero-order chi connectivity index (χ0) is 20.4.